The van der Waals surface area contributed by atoms with E-state index in [1.54, 1.807) is 0 Å². The van der Waals surface area contributed by atoms with Gasteiger partial charge in [-0.05, 0) is 13.3 Å². The van der Waals surface area contributed by atoms with Crippen molar-refractivity contribution in [1.82, 2.24) is 9.80 Å². The third-order valence-corrected chi connectivity index (χ3v) is 3.79. The summed E-state index contributed by atoms with van der Waals surface area (Å²) < 4.78 is 86.9. The molecule has 132 valence electrons. The van der Waals surface area contributed by atoms with Crippen LogP contribution in [0.4, 0.5) is 13.2 Å². The molecule has 0 saturated carbocycles. The number of rotatable bonds is 5. The fourth-order valence-corrected chi connectivity index (χ4v) is 1.81. The Morgan fingerprint density at radius 1 is 1.09 bits per heavy atom. The molecular weight excluding hydrogens is 353 g/mol. The summed E-state index contributed by atoms with van der Waals surface area (Å²) in [7, 11) is -9.64. The number of halogens is 3. The molecule has 0 bridgehead atoms. The van der Waals surface area contributed by atoms with Crippen LogP contribution in [0.5, 0.6) is 0 Å². The molecule has 0 saturated heterocycles. The summed E-state index contributed by atoms with van der Waals surface area (Å²) in [4.78, 5) is 4.14. The Kier molecular flexibility index (Phi) is 7.61. The van der Waals surface area contributed by atoms with E-state index in [0.29, 0.717) is 13.0 Å². The third-order valence-electron chi connectivity index (χ3n) is 2.40. The Hall–Kier alpha value is -1.05. The van der Waals surface area contributed by atoms with E-state index in [1.807, 2.05) is 17.3 Å². The minimum Gasteiger partial charge on any atom is -0.359 e. The van der Waals surface area contributed by atoms with E-state index < -0.39 is 25.7 Å². The first-order chi connectivity index (χ1) is 9.76. The van der Waals surface area contributed by atoms with Crippen molar-refractivity contribution in [2.75, 3.05) is 25.5 Å². The molecule has 2 N–H and O–H groups in total. The van der Waals surface area contributed by atoms with Crippen LogP contribution in [0.25, 0.3) is 0 Å². The first kappa shape index (κ1) is 20.9. The molecule has 0 atom stereocenters. The molecule has 0 radical (unpaired) electrons. The molecule has 0 aromatic carbocycles. The minimum atomic E-state index is -5.84. The molecule has 0 fully saturated rings. The van der Waals surface area contributed by atoms with E-state index in [4.69, 9.17) is 17.5 Å². The summed E-state index contributed by atoms with van der Waals surface area (Å²) in [5.41, 5.74) is -5.53. The lowest BCUT2D eigenvalue weighted by atomic mass is 10.4. The number of alkyl halides is 3. The SMILES string of the molecule is CCN1C=CN(CCCS(=O)(=O)O)C1.O=S(=O)(O)C(F)(F)F. The minimum absolute atomic E-state index is 0.163. The molecule has 13 heteroatoms. The Balaban J connectivity index is 0.000000472. The van der Waals surface area contributed by atoms with Gasteiger partial charge in [-0.3, -0.25) is 9.11 Å². The second-order valence-corrected chi connectivity index (χ2v) is 7.20. The van der Waals surface area contributed by atoms with Gasteiger partial charge in [-0.15, -0.1) is 0 Å². The van der Waals surface area contributed by atoms with Gasteiger partial charge in [0, 0.05) is 25.5 Å². The predicted molar refractivity (Wildman–Crippen MR) is 71.7 cm³/mol. The van der Waals surface area contributed by atoms with Crippen molar-refractivity contribution in [3.8, 4) is 0 Å². The molecule has 0 aromatic rings. The fourth-order valence-electron chi connectivity index (χ4n) is 1.32. The highest BCUT2D eigenvalue weighted by atomic mass is 32.2. The van der Waals surface area contributed by atoms with Crippen LogP contribution < -0.4 is 0 Å². The van der Waals surface area contributed by atoms with Crippen molar-refractivity contribution in [3.05, 3.63) is 12.4 Å². The molecule has 0 amide bonds. The number of hydrogen-bond donors (Lipinski definition) is 2. The topological polar surface area (TPSA) is 115 Å². The molecule has 1 aliphatic rings. The summed E-state index contributed by atoms with van der Waals surface area (Å²) in [6.45, 7) is 4.48. The van der Waals surface area contributed by atoms with Gasteiger partial charge < -0.3 is 9.80 Å². The van der Waals surface area contributed by atoms with Gasteiger partial charge in [-0.2, -0.15) is 30.0 Å². The largest absolute Gasteiger partial charge is 0.522 e. The Labute approximate surface area is 126 Å². The van der Waals surface area contributed by atoms with Gasteiger partial charge in [0.1, 0.15) is 0 Å². The van der Waals surface area contributed by atoms with Gasteiger partial charge in [-0.25, -0.2) is 0 Å². The van der Waals surface area contributed by atoms with Crippen LogP contribution in [0.3, 0.4) is 0 Å². The summed E-state index contributed by atoms with van der Waals surface area (Å²) in [6, 6.07) is 0. The van der Waals surface area contributed by atoms with Crippen molar-refractivity contribution in [2.24, 2.45) is 0 Å². The van der Waals surface area contributed by atoms with E-state index in [1.165, 1.54) is 0 Å². The summed E-state index contributed by atoms with van der Waals surface area (Å²) in [5, 5.41) is 0. The highest BCUT2D eigenvalue weighted by Crippen LogP contribution is 2.20. The van der Waals surface area contributed by atoms with E-state index in [2.05, 4.69) is 11.8 Å². The molecule has 0 aromatic heterocycles. The van der Waals surface area contributed by atoms with E-state index in [-0.39, 0.29) is 5.75 Å². The van der Waals surface area contributed by atoms with E-state index in [9.17, 15) is 21.6 Å². The normalized spacial score (nSPS) is 15.7. The number of hydrogen-bond acceptors (Lipinski definition) is 6. The third kappa shape index (κ3) is 9.07. The van der Waals surface area contributed by atoms with Gasteiger partial charge in [0.25, 0.3) is 10.1 Å². The van der Waals surface area contributed by atoms with Crippen molar-refractivity contribution >= 4 is 20.2 Å². The van der Waals surface area contributed by atoms with Crippen LogP contribution in [0, 0.1) is 0 Å². The highest BCUT2D eigenvalue weighted by molar-refractivity contribution is 7.86. The van der Waals surface area contributed by atoms with Gasteiger partial charge in [0.05, 0.1) is 12.4 Å². The van der Waals surface area contributed by atoms with Crippen LogP contribution in [0.15, 0.2) is 12.4 Å². The second-order valence-electron chi connectivity index (χ2n) is 4.22. The average molecular weight is 370 g/mol. The standard InChI is InChI=1S/C8H16N2O3S.CHF3O3S/c1-2-9-5-6-10(8-9)4-3-7-14(11,12)13;2-1(3,4)8(5,6)7/h5-6H,2-4,7-8H2,1H3,(H,11,12,13);(H,5,6,7). The first-order valence-corrected chi connectivity index (χ1v) is 8.96. The van der Waals surface area contributed by atoms with E-state index >= 15 is 0 Å². The van der Waals surface area contributed by atoms with Gasteiger partial charge in [-0.1, -0.05) is 0 Å². The molecule has 22 heavy (non-hydrogen) atoms. The zero-order valence-corrected chi connectivity index (χ0v) is 13.2. The highest BCUT2D eigenvalue weighted by Gasteiger charge is 2.44. The Morgan fingerprint density at radius 2 is 1.55 bits per heavy atom. The average Bonchev–Trinajstić information content (AvgIpc) is 2.73. The summed E-state index contributed by atoms with van der Waals surface area (Å²) in [5.74, 6) is -0.163. The van der Waals surface area contributed by atoms with Crippen molar-refractivity contribution in [1.29, 1.82) is 0 Å². The zero-order chi connectivity index (χ0) is 17.6. The van der Waals surface area contributed by atoms with Gasteiger partial charge in [0.2, 0.25) is 0 Å². The molecule has 1 rings (SSSR count). The zero-order valence-electron chi connectivity index (χ0n) is 11.6. The van der Waals surface area contributed by atoms with Crippen LogP contribution in [-0.4, -0.2) is 66.8 Å². The quantitative estimate of drug-likeness (QED) is 0.537. The van der Waals surface area contributed by atoms with Crippen LogP contribution in [0.2, 0.25) is 0 Å². The monoisotopic (exact) mass is 370 g/mol. The smallest absolute Gasteiger partial charge is 0.359 e. The lowest BCUT2D eigenvalue weighted by Crippen LogP contribution is -2.26. The molecule has 0 aliphatic carbocycles. The summed E-state index contributed by atoms with van der Waals surface area (Å²) >= 11 is 0. The Morgan fingerprint density at radius 3 is 1.86 bits per heavy atom. The number of nitrogens with zero attached hydrogens (tertiary/aromatic N) is 2. The van der Waals surface area contributed by atoms with Crippen molar-refractivity contribution < 1.29 is 39.1 Å². The van der Waals surface area contributed by atoms with Crippen LogP contribution >= 0.6 is 0 Å². The Bertz CT molecular complexity index is 573. The molecule has 0 unspecified atom stereocenters. The molecule has 1 aliphatic heterocycles. The van der Waals surface area contributed by atoms with Crippen molar-refractivity contribution in [3.63, 3.8) is 0 Å². The second kappa shape index (κ2) is 7.99. The maximum atomic E-state index is 10.7. The van der Waals surface area contributed by atoms with Crippen LogP contribution in [-0.2, 0) is 20.2 Å². The summed E-state index contributed by atoms with van der Waals surface area (Å²) in [6.07, 6.45) is 4.38. The maximum Gasteiger partial charge on any atom is 0.522 e. The van der Waals surface area contributed by atoms with Crippen LogP contribution in [0.1, 0.15) is 13.3 Å². The van der Waals surface area contributed by atoms with E-state index in [0.717, 1.165) is 13.2 Å². The van der Waals surface area contributed by atoms with Gasteiger partial charge >= 0.3 is 15.6 Å². The molecular formula is C9H17F3N2O6S2. The fraction of sp³-hybridized carbons (Fsp3) is 0.778. The molecule has 0 spiro atoms. The first-order valence-electron chi connectivity index (χ1n) is 5.91. The molecule has 8 nitrogen and oxygen atoms in total. The lowest BCUT2D eigenvalue weighted by molar-refractivity contribution is -0.0510. The predicted octanol–water partition coefficient (Wildman–Crippen LogP) is 0.725. The van der Waals surface area contributed by atoms with Gasteiger partial charge in [0.15, 0.2) is 0 Å². The maximum absolute atomic E-state index is 10.7. The van der Waals surface area contributed by atoms with Crippen molar-refractivity contribution in [2.45, 2.75) is 18.9 Å². The molecule has 1 heterocycles. The lowest BCUT2D eigenvalue weighted by Gasteiger charge is -2.19.